The molecule has 0 aliphatic carbocycles. The first-order chi connectivity index (χ1) is 4.54. The van der Waals surface area contributed by atoms with Crippen LogP contribution >= 0.6 is 0 Å². The normalized spacial score (nSPS) is 9.64. The predicted molar refractivity (Wildman–Crippen MR) is 41.5 cm³/mol. The third-order valence-electron chi connectivity index (χ3n) is 0.927. The van der Waals surface area contributed by atoms with E-state index in [1.54, 1.807) is 0 Å². The zero-order valence-corrected chi connectivity index (χ0v) is 12.9. The summed E-state index contributed by atoms with van der Waals surface area (Å²) in [5.74, 6) is -0.0973. The molecular formula is C7H15N2ORb. The molecule has 0 aromatic heterocycles. The third kappa shape index (κ3) is 9.15. The molecule has 0 fully saturated rings. The average Bonchev–Trinajstić information content (AvgIpc) is 1.82. The summed E-state index contributed by atoms with van der Waals surface area (Å²) in [6.45, 7) is 7.54. The molecule has 60 valence electrons. The van der Waals surface area contributed by atoms with Gasteiger partial charge in [0, 0.05) is 0 Å². The molecule has 0 aromatic carbocycles. The van der Waals surface area contributed by atoms with Gasteiger partial charge in [-0.15, -0.1) is 0 Å². The fourth-order valence-corrected chi connectivity index (χ4v) is 0.322. The second kappa shape index (κ2) is 7.86. The summed E-state index contributed by atoms with van der Waals surface area (Å²) in [7, 11) is 0. The van der Waals surface area contributed by atoms with Crippen molar-refractivity contribution in [2.45, 2.75) is 33.7 Å². The van der Waals surface area contributed by atoms with Crippen LogP contribution in [0.2, 0.25) is 0 Å². The Labute approximate surface area is 117 Å². The number of amides is 1. The van der Waals surface area contributed by atoms with Crippen LogP contribution in [0.4, 0.5) is 0 Å². The maximum Gasteiger partial charge on any atom is 1.00 e. The number of carbonyl (C=O) groups excluding carboxylic acids is 1. The molecule has 0 aromatic rings. The van der Waals surface area contributed by atoms with Gasteiger partial charge in [-0.3, -0.25) is 0 Å². The summed E-state index contributed by atoms with van der Waals surface area (Å²) in [4.78, 5) is 10.8. The van der Waals surface area contributed by atoms with Crippen LogP contribution in [0.1, 0.15) is 27.7 Å². The summed E-state index contributed by atoms with van der Waals surface area (Å²) in [5, 5.41) is 0. The van der Waals surface area contributed by atoms with Gasteiger partial charge in [-0.05, 0) is 12.0 Å². The van der Waals surface area contributed by atoms with Gasteiger partial charge in [0.05, 0.1) is 5.91 Å². The van der Waals surface area contributed by atoms with Crippen LogP contribution in [0, 0.1) is 5.92 Å². The minimum atomic E-state index is -0.0892. The van der Waals surface area contributed by atoms with Gasteiger partial charge in [0.2, 0.25) is 0 Å². The van der Waals surface area contributed by atoms with E-state index >= 15 is 0 Å². The van der Waals surface area contributed by atoms with Gasteiger partial charge in [0.15, 0.2) is 0 Å². The average molecular weight is 229 g/mol. The molecule has 0 radical (unpaired) electrons. The molecule has 1 N–H and O–H groups in total. The minimum absolute atomic E-state index is 0. The van der Waals surface area contributed by atoms with Crippen molar-refractivity contribution in [1.82, 2.24) is 5.43 Å². The van der Waals surface area contributed by atoms with Crippen molar-refractivity contribution in [3.8, 4) is 0 Å². The summed E-state index contributed by atoms with van der Waals surface area (Å²) in [5.41, 5.74) is 6.34. The van der Waals surface area contributed by atoms with Crippen LogP contribution in [-0.2, 0) is 4.79 Å². The quantitative estimate of drug-likeness (QED) is 0.595. The van der Waals surface area contributed by atoms with E-state index in [1.807, 2.05) is 27.7 Å². The molecule has 0 spiro atoms. The minimum Gasteiger partial charge on any atom is -0.591 e. The topological polar surface area (TPSA) is 43.2 Å². The number of nitrogens with zero attached hydrogens (tertiary/aromatic N) is 1. The van der Waals surface area contributed by atoms with E-state index in [9.17, 15) is 4.79 Å². The Hall–Kier alpha value is 1.24. The maximum absolute atomic E-state index is 10.8. The van der Waals surface area contributed by atoms with Crippen molar-refractivity contribution >= 4 is 5.91 Å². The zero-order valence-electron chi connectivity index (χ0n) is 8.01. The van der Waals surface area contributed by atoms with E-state index in [0.29, 0.717) is 0 Å². The van der Waals surface area contributed by atoms with Crippen molar-refractivity contribution in [2.75, 3.05) is 0 Å². The van der Waals surface area contributed by atoms with Crippen LogP contribution in [0.15, 0.2) is 0 Å². The molecule has 3 nitrogen and oxygen atoms in total. The molecule has 0 atom stereocenters. The standard InChI is InChI=1S/C7H16N2O.Rb/c1-5(2)7(10)9-8-6(3)4;/h5-6,8H,1-4H3,(H,9,10);/q;+1/p-1. The number of carbonyl (C=O) groups is 1. The molecule has 0 heterocycles. The number of hydrogen-bond donors (Lipinski definition) is 1. The van der Waals surface area contributed by atoms with Crippen LogP contribution in [0.3, 0.4) is 0 Å². The molecule has 4 heteroatoms. The molecule has 0 unspecified atom stereocenters. The molecule has 11 heavy (non-hydrogen) atoms. The fourth-order valence-electron chi connectivity index (χ4n) is 0.322. The van der Waals surface area contributed by atoms with Gasteiger partial charge >= 0.3 is 58.2 Å². The first-order valence-corrected chi connectivity index (χ1v) is 3.54. The first-order valence-electron chi connectivity index (χ1n) is 3.54. The Balaban J connectivity index is 0. The van der Waals surface area contributed by atoms with E-state index in [1.165, 1.54) is 0 Å². The van der Waals surface area contributed by atoms with E-state index in [-0.39, 0.29) is 76.1 Å². The van der Waals surface area contributed by atoms with Crippen molar-refractivity contribution in [2.24, 2.45) is 5.92 Å². The van der Waals surface area contributed by atoms with Gasteiger partial charge in [0.1, 0.15) is 0 Å². The van der Waals surface area contributed by atoms with Gasteiger partial charge in [0.25, 0.3) is 0 Å². The smallest absolute Gasteiger partial charge is 0.591 e. The Bertz CT molecular complexity index is 115. The molecule has 0 saturated heterocycles. The van der Waals surface area contributed by atoms with E-state index in [0.717, 1.165) is 0 Å². The number of hydrogen-bond acceptors (Lipinski definition) is 2. The van der Waals surface area contributed by atoms with E-state index < -0.39 is 0 Å². The predicted octanol–water partition coefficient (Wildman–Crippen LogP) is -1.54. The van der Waals surface area contributed by atoms with Crippen molar-refractivity contribution < 1.29 is 63.0 Å². The summed E-state index contributed by atoms with van der Waals surface area (Å²) in [6.07, 6.45) is 0. The van der Waals surface area contributed by atoms with Crippen LogP contribution < -0.4 is 63.6 Å². The van der Waals surface area contributed by atoms with E-state index in [4.69, 9.17) is 0 Å². The summed E-state index contributed by atoms with van der Waals surface area (Å²) < 4.78 is 0. The Morgan fingerprint density at radius 1 is 1.27 bits per heavy atom. The summed E-state index contributed by atoms with van der Waals surface area (Å²) >= 11 is 0. The van der Waals surface area contributed by atoms with Crippen molar-refractivity contribution in [3.63, 3.8) is 0 Å². The maximum atomic E-state index is 10.8. The van der Waals surface area contributed by atoms with Gasteiger partial charge in [-0.25, -0.2) is 0 Å². The second-order valence-electron chi connectivity index (χ2n) is 2.89. The van der Waals surface area contributed by atoms with Crippen molar-refractivity contribution in [3.05, 3.63) is 5.43 Å². The first kappa shape index (κ1) is 14.7. The van der Waals surface area contributed by atoms with Gasteiger partial charge < -0.3 is 15.6 Å². The fraction of sp³-hybridized carbons (Fsp3) is 0.857. The SMILES string of the molecule is CC(C)N[N-]C(=O)C(C)C.[Rb+]. The van der Waals surface area contributed by atoms with Crippen LogP contribution in [0.25, 0.3) is 5.43 Å². The molecule has 0 rings (SSSR count). The second-order valence-corrected chi connectivity index (χ2v) is 2.89. The molecule has 0 bridgehead atoms. The van der Waals surface area contributed by atoms with E-state index in [2.05, 4.69) is 10.9 Å². The zero-order chi connectivity index (χ0) is 8.15. The van der Waals surface area contributed by atoms with Crippen LogP contribution in [0.5, 0.6) is 0 Å². The largest absolute Gasteiger partial charge is 1.00 e. The third-order valence-corrected chi connectivity index (χ3v) is 0.927. The Morgan fingerprint density at radius 3 is 2.00 bits per heavy atom. The number of rotatable bonds is 3. The van der Waals surface area contributed by atoms with Crippen molar-refractivity contribution in [1.29, 1.82) is 0 Å². The monoisotopic (exact) mass is 228 g/mol. The molecule has 0 aliphatic heterocycles. The van der Waals surface area contributed by atoms with Crippen LogP contribution in [-0.4, -0.2) is 11.9 Å². The number of nitrogens with one attached hydrogen (secondary N) is 1. The Kier molecular flexibility index (Phi) is 10.5. The van der Waals surface area contributed by atoms with Gasteiger partial charge in [-0.2, -0.15) is 0 Å². The molecular weight excluding hydrogens is 214 g/mol. The molecule has 0 saturated carbocycles. The molecule has 1 amide bonds. The summed E-state index contributed by atoms with van der Waals surface area (Å²) in [6, 6.07) is 0.239. The van der Waals surface area contributed by atoms with Gasteiger partial charge in [-0.1, -0.05) is 27.7 Å². The Morgan fingerprint density at radius 2 is 1.73 bits per heavy atom. The molecule has 0 aliphatic rings.